The number of carbonyl (C=O) groups is 3. The smallest absolute Gasteiger partial charge is 0.506 e. The van der Waals surface area contributed by atoms with Crippen LogP contribution >= 0.6 is 0 Å². The number of hydrogen-bond acceptors (Lipinski definition) is 8. The summed E-state index contributed by atoms with van der Waals surface area (Å²) < 4.78 is 14.0. The molecule has 0 fully saturated rings. The van der Waals surface area contributed by atoms with Gasteiger partial charge < -0.3 is 29.6 Å². The lowest BCUT2D eigenvalue weighted by molar-refractivity contribution is -0.149. The Labute approximate surface area is 155 Å². The fraction of sp³-hybridized carbons (Fsp3) is 0.389. The van der Waals surface area contributed by atoms with E-state index in [2.05, 4.69) is 19.8 Å². The SMILES string of the molecule is CC(=O)OCOC(=O)Oc1cc2c(C(=O)CNC(C)(C)C)ccc(O)c2[nH]1. The number of phenolic OH excluding ortho intramolecular Hbond substituents is 1. The van der Waals surface area contributed by atoms with Gasteiger partial charge in [0, 0.05) is 29.5 Å². The highest BCUT2D eigenvalue weighted by molar-refractivity contribution is 6.10. The third-order valence-corrected chi connectivity index (χ3v) is 3.46. The summed E-state index contributed by atoms with van der Waals surface area (Å²) in [6, 6.07) is 4.29. The maximum absolute atomic E-state index is 12.5. The molecule has 9 heteroatoms. The molecule has 1 aromatic heterocycles. The van der Waals surface area contributed by atoms with E-state index in [1.54, 1.807) is 0 Å². The predicted molar refractivity (Wildman–Crippen MR) is 95.8 cm³/mol. The second-order valence-electron chi connectivity index (χ2n) is 6.83. The Morgan fingerprint density at radius 2 is 1.89 bits per heavy atom. The quantitative estimate of drug-likeness (QED) is 0.397. The van der Waals surface area contributed by atoms with Crippen LogP contribution in [0.15, 0.2) is 18.2 Å². The molecule has 27 heavy (non-hydrogen) atoms. The van der Waals surface area contributed by atoms with Crippen LogP contribution in [0.5, 0.6) is 11.6 Å². The van der Waals surface area contributed by atoms with Gasteiger partial charge in [0.15, 0.2) is 5.78 Å². The van der Waals surface area contributed by atoms with Gasteiger partial charge in [-0.05, 0) is 32.9 Å². The van der Waals surface area contributed by atoms with Gasteiger partial charge >= 0.3 is 12.1 Å². The molecular formula is C18H22N2O7. The van der Waals surface area contributed by atoms with E-state index in [1.807, 2.05) is 20.8 Å². The number of phenols is 1. The van der Waals surface area contributed by atoms with Crippen LogP contribution in [0.1, 0.15) is 38.1 Å². The van der Waals surface area contributed by atoms with Crippen molar-refractivity contribution in [3.63, 3.8) is 0 Å². The molecule has 3 N–H and O–H groups in total. The molecule has 1 aromatic carbocycles. The van der Waals surface area contributed by atoms with E-state index in [-0.39, 0.29) is 35.0 Å². The Balaban J connectivity index is 2.17. The Bertz CT molecular complexity index is 864. The minimum Gasteiger partial charge on any atom is -0.506 e. The molecule has 146 valence electrons. The average molecular weight is 378 g/mol. The zero-order valence-corrected chi connectivity index (χ0v) is 15.5. The largest absolute Gasteiger partial charge is 0.518 e. The van der Waals surface area contributed by atoms with Crippen molar-refractivity contribution in [3.05, 3.63) is 23.8 Å². The maximum atomic E-state index is 12.5. The number of benzene rings is 1. The van der Waals surface area contributed by atoms with Gasteiger partial charge in [-0.15, -0.1) is 0 Å². The first-order chi connectivity index (χ1) is 12.6. The first-order valence-corrected chi connectivity index (χ1v) is 8.17. The summed E-state index contributed by atoms with van der Waals surface area (Å²) in [5.74, 6) is -0.922. The normalized spacial score (nSPS) is 11.3. The molecule has 1 heterocycles. The van der Waals surface area contributed by atoms with E-state index in [0.29, 0.717) is 10.9 Å². The fourth-order valence-electron chi connectivity index (χ4n) is 2.20. The van der Waals surface area contributed by atoms with Crippen LogP contribution in [-0.2, 0) is 14.3 Å². The number of ether oxygens (including phenoxy) is 3. The fourth-order valence-corrected chi connectivity index (χ4v) is 2.20. The van der Waals surface area contributed by atoms with Gasteiger partial charge in [0.25, 0.3) is 0 Å². The topological polar surface area (TPSA) is 127 Å². The molecule has 0 bridgehead atoms. The van der Waals surface area contributed by atoms with Crippen molar-refractivity contribution in [3.8, 4) is 11.6 Å². The van der Waals surface area contributed by atoms with Crippen LogP contribution in [0.25, 0.3) is 10.9 Å². The number of hydrogen-bond donors (Lipinski definition) is 3. The molecule has 0 saturated carbocycles. The molecule has 0 unspecified atom stereocenters. The van der Waals surface area contributed by atoms with Crippen molar-refractivity contribution in [1.29, 1.82) is 0 Å². The second kappa shape index (κ2) is 8.09. The van der Waals surface area contributed by atoms with Crippen molar-refractivity contribution in [2.45, 2.75) is 33.2 Å². The Kier molecular flexibility index (Phi) is 6.06. The van der Waals surface area contributed by atoms with Crippen molar-refractivity contribution >= 4 is 28.8 Å². The monoisotopic (exact) mass is 378 g/mol. The number of rotatable bonds is 6. The van der Waals surface area contributed by atoms with Crippen LogP contribution in [-0.4, -0.2) is 46.9 Å². The predicted octanol–water partition coefficient (Wildman–Crippen LogP) is 2.48. The molecule has 9 nitrogen and oxygen atoms in total. The first kappa shape index (κ1) is 20.2. The molecule has 0 radical (unpaired) electrons. The first-order valence-electron chi connectivity index (χ1n) is 8.17. The highest BCUT2D eigenvalue weighted by Gasteiger charge is 2.19. The van der Waals surface area contributed by atoms with Crippen molar-refractivity contribution in [2.75, 3.05) is 13.3 Å². The van der Waals surface area contributed by atoms with Crippen LogP contribution < -0.4 is 10.1 Å². The van der Waals surface area contributed by atoms with E-state index < -0.39 is 18.9 Å². The number of aromatic nitrogens is 1. The van der Waals surface area contributed by atoms with Gasteiger partial charge in [-0.2, -0.15) is 0 Å². The second-order valence-corrected chi connectivity index (χ2v) is 6.83. The third-order valence-electron chi connectivity index (χ3n) is 3.46. The van der Waals surface area contributed by atoms with Crippen LogP contribution in [0.4, 0.5) is 4.79 Å². The van der Waals surface area contributed by atoms with Crippen molar-refractivity contribution in [2.24, 2.45) is 0 Å². The molecule has 0 spiro atoms. The average Bonchev–Trinajstić information content (AvgIpc) is 2.96. The maximum Gasteiger partial charge on any atom is 0.518 e. The number of Topliss-reactive ketones (excluding diaryl/α,β-unsaturated/α-hetero) is 1. The highest BCUT2D eigenvalue weighted by Crippen LogP contribution is 2.31. The number of carbonyl (C=O) groups excluding carboxylic acids is 3. The summed E-state index contributed by atoms with van der Waals surface area (Å²) in [7, 11) is 0. The summed E-state index contributed by atoms with van der Waals surface area (Å²) in [5.41, 5.74) is 0.377. The van der Waals surface area contributed by atoms with E-state index >= 15 is 0 Å². The zero-order valence-electron chi connectivity index (χ0n) is 15.5. The summed E-state index contributed by atoms with van der Waals surface area (Å²) in [5, 5.41) is 13.5. The Hall–Kier alpha value is -3.07. The number of aromatic amines is 1. The van der Waals surface area contributed by atoms with Crippen LogP contribution in [0.2, 0.25) is 0 Å². The summed E-state index contributed by atoms with van der Waals surface area (Å²) in [6.07, 6.45) is -1.11. The zero-order chi connectivity index (χ0) is 20.2. The van der Waals surface area contributed by atoms with Gasteiger partial charge in [-0.3, -0.25) is 9.59 Å². The molecule has 2 rings (SSSR count). The van der Waals surface area contributed by atoms with E-state index in [0.717, 1.165) is 0 Å². The Morgan fingerprint density at radius 1 is 1.19 bits per heavy atom. The molecular weight excluding hydrogens is 356 g/mol. The number of aromatic hydroxyl groups is 1. The van der Waals surface area contributed by atoms with E-state index in [9.17, 15) is 19.5 Å². The third kappa shape index (κ3) is 5.71. The molecule has 0 aliphatic rings. The van der Waals surface area contributed by atoms with Crippen LogP contribution in [0, 0.1) is 0 Å². The summed E-state index contributed by atoms with van der Waals surface area (Å²) in [6.45, 7) is 6.52. The van der Waals surface area contributed by atoms with E-state index in [4.69, 9.17) is 4.74 Å². The van der Waals surface area contributed by atoms with Gasteiger partial charge in [-0.1, -0.05) is 0 Å². The lowest BCUT2D eigenvalue weighted by Gasteiger charge is -2.19. The number of ketones is 1. The van der Waals surface area contributed by atoms with Crippen molar-refractivity contribution < 1.29 is 33.7 Å². The standard InChI is InChI=1S/C18H22N2O7/c1-10(21)25-9-26-17(24)27-15-7-12-11(5-6-13(22)16(12)20-15)14(23)8-19-18(2,3)4/h5-7,19-20,22H,8-9H2,1-4H3. The number of H-pyrrole nitrogens is 1. The van der Waals surface area contributed by atoms with E-state index in [1.165, 1.54) is 25.1 Å². The Morgan fingerprint density at radius 3 is 2.52 bits per heavy atom. The van der Waals surface area contributed by atoms with Gasteiger partial charge in [0.05, 0.1) is 12.1 Å². The minimum atomic E-state index is -1.11. The molecule has 2 aromatic rings. The highest BCUT2D eigenvalue weighted by atomic mass is 16.8. The minimum absolute atomic E-state index is 0.0304. The summed E-state index contributed by atoms with van der Waals surface area (Å²) >= 11 is 0. The number of esters is 1. The molecule has 0 aliphatic heterocycles. The van der Waals surface area contributed by atoms with Crippen molar-refractivity contribution in [1.82, 2.24) is 10.3 Å². The van der Waals surface area contributed by atoms with Crippen LogP contribution in [0.3, 0.4) is 0 Å². The lowest BCUT2D eigenvalue weighted by Crippen LogP contribution is -2.39. The lowest BCUT2D eigenvalue weighted by atomic mass is 10.0. The molecule has 0 aliphatic carbocycles. The molecule has 0 saturated heterocycles. The van der Waals surface area contributed by atoms with Gasteiger partial charge in [0.2, 0.25) is 12.7 Å². The van der Waals surface area contributed by atoms with Gasteiger partial charge in [-0.25, -0.2) is 4.79 Å². The molecule has 0 amide bonds. The van der Waals surface area contributed by atoms with Gasteiger partial charge in [0.1, 0.15) is 5.75 Å². The number of fused-ring (bicyclic) bond motifs is 1. The number of nitrogens with one attached hydrogen (secondary N) is 2. The summed E-state index contributed by atoms with van der Waals surface area (Å²) in [4.78, 5) is 37.4. The molecule has 0 atom stereocenters.